The first-order chi connectivity index (χ1) is 16.2. The molecule has 1 aromatic heterocycles. The highest BCUT2D eigenvalue weighted by atomic mass is 35.5. The van der Waals surface area contributed by atoms with Crippen LogP contribution in [0.15, 0.2) is 39.7 Å². The zero-order chi connectivity index (χ0) is 26.1. The number of methoxy groups -OCH3 is 1. The number of hydrogen-bond donors (Lipinski definition) is 2. The van der Waals surface area contributed by atoms with Crippen molar-refractivity contribution in [1.29, 1.82) is 0 Å². The van der Waals surface area contributed by atoms with E-state index in [2.05, 4.69) is 5.32 Å². The van der Waals surface area contributed by atoms with Gasteiger partial charge in [-0.25, -0.2) is 4.79 Å². The molecular weight excluding hydrogens is 603 g/mol. The van der Waals surface area contributed by atoms with Gasteiger partial charge in [-0.2, -0.15) is 0 Å². The van der Waals surface area contributed by atoms with E-state index < -0.39 is 43.8 Å². The van der Waals surface area contributed by atoms with Crippen LogP contribution in [0.2, 0.25) is 0 Å². The molecule has 1 amide bonds. The second-order valence-corrected chi connectivity index (χ2v) is 12.3. The zero-order valence-electron chi connectivity index (χ0n) is 17.8. The average molecular weight is 618 g/mol. The molecule has 1 saturated carbocycles. The number of halogens is 6. The lowest BCUT2D eigenvalue weighted by molar-refractivity contribution is -0.146. The van der Waals surface area contributed by atoms with Crippen molar-refractivity contribution in [2.24, 2.45) is 11.8 Å². The van der Waals surface area contributed by atoms with Gasteiger partial charge in [0.05, 0.1) is 29.0 Å². The van der Waals surface area contributed by atoms with Gasteiger partial charge in [-0.3, -0.25) is 9.59 Å². The van der Waals surface area contributed by atoms with Crippen LogP contribution in [0.4, 0.5) is 5.00 Å². The van der Waals surface area contributed by atoms with Crippen LogP contribution in [0.25, 0.3) is 11.1 Å². The number of anilines is 1. The summed E-state index contributed by atoms with van der Waals surface area (Å²) in [4.78, 5) is 34.2. The molecule has 0 radical (unpaired) electrons. The summed E-state index contributed by atoms with van der Waals surface area (Å²) in [5, 5.41) is 13.6. The third-order valence-electron chi connectivity index (χ3n) is 6.26. The lowest BCUT2D eigenvalue weighted by Crippen LogP contribution is -2.47. The fourth-order valence-electron chi connectivity index (χ4n) is 4.52. The van der Waals surface area contributed by atoms with E-state index in [1.54, 1.807) is 5.38 Å². The van der Waals surface area contributed by atoms with Gasteiger partial charge in [-0.1, -0.05) is 76.2 Å². The molecule has 2 aliphatic carbocycles. The van der Waals surface area contributed by atoms with Crippen LogP contribution in [0.3, 0.4) is 0 Å². The molecule has 0 spiro atoms. The fourth-order valence-corrected chi connectivity index (χ4v) is 8.41. The first-order valence-corrected chi connectivity index (χ1v) is 13.0. The number of thiophene rings is 1. The van der Waals surface area contributed by atoms with Gasteiger partial charge in [-0.05, 0) is 12.5 Å². The number of allylic oxidation sites excluding steroid dienone is 2. The number of fused-ring (bicyclic) bond motifs is 2. The molecule has 6 nitrogen and oxygen atoms in total. The Labute approximate surface area is 234 Å². The lowest BCUT2D eigenvalue weighted by Gasteiger charge is -2.33. The number of esters is 1. The largest absolute Gasteiger partial charge is 0.481 e. The highest BCUT2D eigenvalue weighted by Gasteiger charge is 2.85. The maximum Gasteiger partial charge on any atom is 0.341 e. The Kier molecular flexibility index (Phi) is 6.89. The van der Waals surface area contributed by atoms with Crippen molar-refractivity contribution in [3.8, 4) is 11.1 Å². The number of nitrogens with one attached hydrogen (secondary N) is 1. The second kappa shape index (κ2) is 8.98. The van der Waals surface area contributed by atoms with Gasteiger partial charge in [0.1, 0.15) is 20.3 Å². The molecule has 2 aliphatic rings. The van der Waals surface area contributed by atoms with Crippen LogP contribution >= 0.6 is 80.9 Å². The smallest absolute Gasteiger partial charge is 0.341 e. The van der Waals surface area contributed by atoms with Crippen LogP contribution in [-0.4, -0.2) is 44.1 Å². The number of aliphatic carboxylic acids is 1. The summed E-state index contributed by atoms with van der Waals surface area (Å²) < 4.78 is 2.68. The van der Waals surface area contributed by atoms with E-state index in [-0.39, 0.29) is 20.6 Å². The van der Waals surface area contributed by atoms with E-state index in [0.29, 0.717) is 11.1 Å². The summed E-state index contributed by atoms with van der Waals surface area (Å²) in [6.45, 7) is 1.92. The Morgan fingerprint density at radius 3 is 2.06 bits per heavy atom. The third kappa shape index (κ3) is 3.54. The van der Waals surface area contributed by atoms with E-state index in [9.17, 15) is 19.5 Å². The summed E-state index contributed by atoms with van der Waals surface area (Å²) in [6, 6.07) is 7.38. The highest BCUT2D eigenvalue weighted by Crippen LogP contribution is 2.76. The minimum Gasteiger partial charge on any atom is -0.481 e. The van der Waals surface area contributed by atoms with Crippen molar-refractivity contribution in [2.45, 2.75) is 21.0 Å². The normalized spacial score (nSPS) is 28.8. The van der Waals surface area contributed by atoms with E-state index in [0.717, 1.165) is 16.9 Å². The van der Waals surface area contributed by atoms with E-state index in [1.165, 1.54) is 7.11 Å². The molecule has 35 heavy (non-hydrogen) atoms. The summed E-state index contributed by atoms with van der Waals surface area (Å²) in [5.41, 5.74) is 2.32. The number of carbonyl (C=O) groups is 3. The molecule has 4 atom stereocenters. The molecule has 13 heteroatoms. The number of carboxylic acid groups (broad SMARTS) is 1. The van der Waals surface area contributed by atoms with Gasteiger partial charge < -0.3 is 15.2 Å². The van der Waals surface area contributed by atoms with Crippen LogP contribution in [0.1, 0.15) is 15.9 Å². The van der Waals surface area contributed by atoms with Crippen LogP contribution in [0, 0.1) is 18.8 Å². The molecule has 0 unspecified atom stereocenters. The third-order valence-corrected chi connectivity index (χ3v) is 11.4. The molecule has 1 fully saturated rings. The number of rotatable bonds is 5. The Morgan fingerprint density at radius 2 is 1.54 bits per heavy atom. The molecule has 2 aromatic rings. The number of aryl methyl sites for hydroxylation is 1. The molecule has 186 valence electrons. The molecule has 4 rings (SSSR count). The van der Waals surface area contributed by atoms with Crippen molar-refractivity contribution >= 4 is 104 Å². The van der Waals surface area contributed by atoms with Gasteiger partial charge in [0, 0.05) is 10.9 Å². The van der Waals surface area contributed by atoms with Gasteiger partial charge in [0.15, 0.2) is 4.33 Å². The number of benzene rings is 1. The standard InChI is InChI=1S/C22H15Cl6NO5S/c1-8-3-5-9(6-4-8)10-7-35-17(11(10)19(33)34-2)29-16(30)12-13(18(31)32)21(26)15(24)14(23)20(12,25)22(21,27)28/h3-7,12-13H,1-2H3,(H,29,30)(H,31,32)/t12-,13+,20-,21-/m0/s1. The van der Waals surface area contributed by atoms with Crippen molar-refractivity contribution in [3.63, 3.8) is 0 Å². The number of carbonyl (C=O) groups excluding carboxylic acids is 2. The number of ether oxygens (including phenoxy) is 1. The number of amides is 1. The summed E-state index contributed by atoms with van der Waals surface area (Å²) in [6.07, 6.45) is 0. The highest BCUT2D eigenvalue weighted by molar-refractivity contribution is 7.15. The van der Waals surface area contributed by atoms with Crippen molar-refractivity contribution in [1.82, 2.24) is 0 Å². The quantitative estimate of drug-likeness (QED) is 0.291. The van der Waals surface area contributed by atoms with Crippen molar-refractivity contribution in [2.75, 3.05) is 12.4 Å². The summed E-state index contributed by atoms with van der Waals surface area (Å²) in [7, 11) is 1.20. The second-order valence-electron chi connectivity index (χ2n) is 8.12. The Balaban J connectivity index is 1.80. The first kappa shape index (κ1) is 26.9. The van der Waals surface area contributed by atoms with Gasteiger partial charge in [0.2, 0.25) is 5.91 Å². The molecular formula is C22H15Cl6NO5S. The van der Waals surface area contributed by atoms with Crippen LogP contribution in [0.5, 0.6) is 0 Å². The maximum atomic E-state index is 13.6. The molecule has 1 heterocycles. The van der Waals surface area contributed by atoms with Crippen molar-refractivity contribution in [3.05, 3.63) is 50.8 Å². The van der Waals surface area contributed by atoms with E-state index in [4.69, 9.17) is 74.3 Å². The zero-order valence-corrected chi connectivity index (χ0v) is 23.1. The molecule has 2 bridgehead atoms. The predicted octanol–water partition coefficient (Wildman–Crippen LogP) is 6.61. The first-order valence-electron chi connectivity index (χ1n) is 9.87. The predicted molar refractivity (Wildman–Crippen MR) is 139 cm³/mol. The van der Waals surface area contributed by atoms with Gasteiger partial charge in [-0.15, -0.1) is 34.5 Å². The molecule has 1 aromatic carbocycles. The fraction of sp³-hybridized carbons (Fsp3) is 0.318. The van der Waals surface area contributed by atoms with Crippen LogP contribution < -0.4 is 5.32 Å². The molecule has 0 saturated heterocycles. The molecule has 2 N–H and O–H groups in total. The molecule has 0 aliphatic heterocycles. The van der Waals surface area contributed by atoms with Gasteiger partial charge >= 0.3 is 11.9 Å². The Morgan fingerprint density at radius 1 is 1.00 bits per heavy atom. The average Bonchev–Trinajstić information content (AvgIpc) is 3.30. The topological polar surface area (TPSA) is 92.7 Å². The Hall–Kier alpha value is -1.19. The van der Waals surface area contributed by atoms with Gasteiger partial charge in [0.25, 0.3) is 0 Å². The van der Waals surface area contributed by atoms with Crippen LogP contribution in [-0.2, 0) is 14.3 Å². The Bertz CT molecular complexity index is 1290. The minimum absolute atomic E-state index is 0.0802. The summed E-state index contributed by atoms with van der Waals surface area (Å²) in [5.74, 6) is -6.50. The van der Waals surface area contributed by atoms with E-state index >= 15 is 0 Å². The monoisotopic (exact) mass is 615 g/mol. The number of carboxylic acids is 1. The number of alkyl halides is 4. The van der Waals surface area contributed by atoms with E-state index in [1.807, 2.05) is 31.2 Å². The number of hydrogen-bond acceptors (Lipinski definition) is 5. The summed E-state index contributed by atoms with van der Waals surface area (Å²) >= 11 is 39.8. The minimum atomic E-state index is -2.24. The lowest BCUT2D eigenvalue weighted by atomic mass is 9.81. The van der Waals surface area contributed by atoms with Crippen molar-refractivity contribution < 1.29 is 24.2 Å². The maximum absolute atomic E-state index is 13.6. The SMILES string of the molecule is COC(=O)c1c(-c2ccc(C)cc2)csc1NC(=O)[C@@H]1[C@H](C(=O)O)[C@]2(Cl)C(Cl)=C(Cl)[C@]1(Cl)C2(Cl)Cl.